The van der Waals surface area contributed by atoms with E-state index in [1.54, 1.807) is 0 Å². The van der Waals surface area contributed by atoms with Crippen molar-refractivity contribution in [1.82, 2.24) is 0 Å². The van der Waals surface area contributed by atoms with Crippen molar-refractivity contribution in [3.63, 3.8) is 0 Å². The van der Waals surface area contributed by atoms with Gasteiger partial charge in [-0.2, -0.15) is 13.2 Å². The Labute approximate surface area is 81.5 Å². The monoisotopic (exact) mass is 224 g/mol. The van der Waals surface area contributed by atoms with Gasteiger partial charge in [0.15, 0.2) is 0 Å². The second-order valence-corrected chi connectivity index (χ2v) is 5.46. The fourth-order valence-corrected chi connectivity index (χ4v) is 2.41. The van der Waals surface area contributed by atoms with E-state index < -0.39 is 21.3 Å². The van der Waals surface area contributed by atoms with Crippen LogP contribution < -0.4 is 5.19 Å². The maximum absolute atomic E-state index is 12.1. The van der Waals surface area contributed by atoms with Gasteiger partial charge in [-0.15, -0.1) is 11.6 Å². The van der Waals surface area contributed by atoms with E-state index in [-0.39, 0.29) is 0 Å². The molecule has 1 rings (SSSR count). The minimum Gasteiger partial charge on any atom is -0.166 e. The van der Waals surface area contributed by atoms with Gasteiger partial charge in [0.2, 0.25) is 0 Å². The molecule has 72 valence electrons. The SMILES string of the molecule is FC(F)(F)c1ccc([SiH2]CCl)cc1. The topological polar surface area (TPSA) is 0 Å². The lowest BCUT2D eigenvalue weighted by Gasteiger charge is -2.06. The maximum Gasteiger partial charge on any atom is 0.416 e. The van der Waals surface area contributed by atoms with Crippen molar-refractivity contribution in [2.45, 2.75) is 6.18 Å². The molecule has 13 heavy (non-hydrogen) atoms. The van der Waals surface area contributed by atoms with Crippen LogP contribution in [0.2, 0.25) is 0 Å². The second-order valence-electron chi connectivity index (χ2n) is 2.63. The summed E-state index contributed by atoms with van der Waals surface area (Å²) in [5, 5.41) is 0.961. The molecule has 0 heterocycles. The summed E-state index contributed by atoms with van der Waals surface area (Å²) < 4.78 is 36.3. The highest BCUT2D eigenvalue weighted by atomic mass is 35.5. The Hall–Kier alpha value is -0.483. The van der Waals surface area contributed by atoms with Gasteiger partial charge in [0, 0.05) is 5.50 Å². The van der Waals surface area contributed by atoms with E-state index in [1.807, 2.05) is 0 Å². The highest BCUT2D eigenvalue weighted by Gasteiger charge is 2.29. The van der Waals surface area contributed by atoms with Crippen LogP contribution in [0.25, 0.3) is 0 Å². The fraction of sp³-hybridized carbons (Fsp3) is 0.250. The first-order valence-electron chi connectivity index (χ1n) is 3.76. The molecule has 0 unspecified atom stereocenters. The molecule has 0 nitrogen and oxygen atoms in total. The largest absolute Gasteiger partial charge is 0.416 e. The zero-order valence-corrected chi connectivity index (χ0v) is 8.91. The molecule has 0 bridgehead atoms. The molecule has 0 N–H and O–H groups in total. The molecule has 0 aliphatic rings. The standard InChI is InChI=1S/C8H8ClF3Si/c9-5-13-7-3-1-6(2-4-7)8(10,11)12/h1-4H,5,13H2. The van der Waals surface area contributed by atoms with Gasteiger partial charge in [-0.3, -0.25) is 0 Å². The molecule has 0 aliphatic heterocycles. The van der Waals surface area contributed by atoms with Crippen LogP contribution in [0.1, 0.15) is 5.56 Å². The van der Waals surface area contributed by atoms with Crippen LogP contribution in [-0.4, -0.2) is 15.0 Å². The van der Waals surface area contributed by atoms with Crippen molar-refractivity contribution in [3.05, 3.63) is 29.8 Å². The van der Waals surface area contributed by atoms with E-state index in [2.05, 4.69) is 0 Å². The zero-order chi connectivity index (χ0) is 9.90. The molecule has 0 spiro atoms. The average Bonchev–Trinajstić information content (AvgIpc) is 2.04. The Morgan fingerprint density at radius 1 is 1.15 bits per heavy atom. The highest BCUT2D eigenvalue weighted by Crippen LogP contribution is 2.28. The number of rotatable bonds is 2. The fourth-order valence-electron chi connectivity index (χ4n) is 0.970. The van der Waals surface area contributed by atoms with Crippen molar-refractivity contribution in [2.75, 3.05) is 5.50 Å². The second kappa shape index (κ2) is 4.15. The molecular weight excluding hydrogens is 217 g/mol. The van der Waals surface area contributed by atoms with Crippen LogP contribution in [0.5, 0.6) is 0 Å². The summed E-state index contributed by atoms with van der Waals surface area (Å²) in [4.78, 5) is 0. The Bertz CT molecular complexity index is 268. The van der Waals surface area contributed by atoms with Crippen molar-refractivity contribution in [3.8, 4) is 0 Å². The summed E-state index contributed by atoms with van der Waals surface area (Å²) in [6.45, 7) is 0. The van der Waals surface area contributed by atoms with Gasteiger partial charge in [-0.1, -0.05) is 29.5 Å². The summed E-state index contributed by atoms with van der Waals surface area (Å²) in [6.07, 6.45) is -4.24. The zero-order valence-electron chi connectivity index (χ0n) is 6.74. The first-order valence-corrected chi connectivity index (χ1v) is 6.00. The number of benzene rings is 1. The molecule has 1 aromatic rings. The van der Waals surface area contributed by atoms with Crippen molar-refractivity contribution >= 4 is 26.3 Å². The minimum absolute atomic E-state index is 0.561. The maximum atomic E-state index is 12.1. The predicted octanol–water partition coefficient (Wildman–Crippen LogP) is 1.70. The quantitative estimate of drug-likeness (QED) is 0.530. The Kier molecular flexibility index (Phi) is 3.38. The molecule has 5 heteroatoms. The lowest BCUT2D eigenvalue weighted by Crippen LogP contribution is -2.16. The third-order valence-electron chi connectivity index (χ3n) is 1.66. The van der Waals surface area contributed by atoms with Gasteiger partial charge in [0.1, 0.15) is 0 Å². The van der Waals surface area contributed by atoms with E-state index in [0.29, 0.717) is 5.50 Å². The Morgan fingerprint density at radius 3 is 2.08 bits per heavy atom. The molecule has 0 atom stereocenters. The predicted molar refractivity (Wildman–Crippen MR) is 50.3 cm³/mol. The number of halogens is 4. The lowest BCUT2D eigenvalue weighted by molar-refractivity contribution is -0.137. The van der Waals surface area contributed by atoms with Gasteiger partial charge >= 0.3 is 6.18 Å². The van der Waals surface area contributed by atoms with Gasteiger partial charge in [0.05, 0.1) is 15.1 Å². The third kappa shape index (κ3) is 3.04. The molecule has 0 aromatic heterocycles. The summed E-state index contributed by atoms with van der Waals surface area (Å²) in [5.74, 6) is 0. The summed E-state index contributed by atoms with van der Waals surface area (Å²) in [6, 6.07) is 5.23. The van der Waals surface area contributed by atoms with Crippen molar-refractivity contribution in [2.24, 2.45) is 0 Å². The van der Waals surface area contributed by atoms with Crippen LogP contribution in [0, 0.1) is 0 Å². The summed E-state index contributed by atoms with van der Waals surface area (Å²) >= 11 is 5.51. The highest BCUT2D eigenvalue weighted by molar-refractivity contribution is 6.62. The Morgan fingerprint density at radius 2 is 1.69 bits per heavy atom. The molecule has 0 saturated heterocycles. The number of hydrogen-bond donors (Lipinski definition) is 0. The minimum atomic E-state index is -4.24. The number of alkyl halides is 4. The molecule has 0 saturated carbocycles. The summed E-state index contributed by atoms with van der Waals surface area (Å²) in [7, 11) is -0.563. The van der Waals surface area contributed by atoms with Crippen LogP contribution in [0.4, 0.5) is 13.2 Å². The van der Waals surface area contributed by atoms with Gasteiger partial charge in [-0.05, 0) is 0 Å². The van der Waals surface area contributed by atoms with Gasteiger partial charge in [0.25, 0.3) is 0 Å². The van der Waals surface area contributed by atoms with Crippen LogP contribution >= 0.6 is 11.6 Å². The van der Waals surface area contributed by atoms with Crippen LogP contribution in [0.15, 0.2) is 24.3 Å². The van der Waals surface area contributed by atoms with Crippen LogP contribution in [-0.2, 0) is 6.18 Å². The first kappa shape index (κ1) is 10.6. The van der Waals surface area contributed by atoms with E-state index in [1.165, 1.54) is 12.1 Å². The van der Waals surface area contributed by atoms with E-state index in [0.717, 1.165) is 17.3 Å². The van der Waals surface area contributed by atoms with E-state index in [4.69, 9.17) is 11.6 Å². The normalized spacial score (nSPS) is 12.6. The Balaban J connectivity index is 2.81. The molecule has 0 fully saturated rings. The molecule has 1 aromatic carbocycles. The van der Waals surface area contributed by atoms with Crippen LogP contribution in [0.3, 0.4) is 0 Å². The molecule has 0 radical (unpaired) electrons. The lowest BCUT2D eigenvalue weighted by atomic mass is 10.2. The smallest absolute Gasteiger partial charge is 0.166 e. The first-order chi connectivity index (χ1) is 6.04. The van der Waals surface area contributed by atoms with Crippen molar-refractivity contribution < 1.29 is 13.2 Å². The molecular formula is C8H8ClF3Si. The molecule has 0 aliphatic carbocycles. The molecule has 0 amide bonds. The van der Waals surface area contributed by atoms with E-state index >= 15 is 0 Å². The van der Waals surface area contributed by atoms with E-state index in [9.17, 15) is 13.2 Å². The van der Waals surface area contributed by atoms with Gasteiger partial charge in [-0.25, -0.2) is 0 Å². The average molecular weight is 225 g/mol. The van der Waals surface area contributed by atoms with Gasteiger partial charge < -0.3 is 0 Å². The number of hydrogen-bond acceptors (Lipinski definition) is 0. The third-order valence-corrected chi connectivity index (χ3v) is 3.47. The van der Waals surface area contributed by atoms with Crippen molar-refractivity contribution in [1.29, 1.82) is 0 Å². The summed E-state index contributed by atoms with van der Waals surface area (Å²) in [5.41, 5.74) is -0.0365.